The largest absolute Gasteiger partial charge is 0.485 e. The number of carbonyl (C=O) groups is 1. The second kappa shape index (κ2) is 8.62. The van der Waals surface area contributed by atoms with Crippen LogP contribution in [-0.4, -0.2) is 23.6 Å². The Morgan fingerprint density at radius 1 is 0.968 bits per heavy atom. The summed E-state index contributed by atoms with van der Waals surface area (Å²) in [6.07, 6.45) is 1.02. The van der Waals surface area contributed by atoms with Gasteiger partial charge in [0.25, 0.3) is 5.91 Å². The molecule has 1 amide bonds. The number of fused-ring (bicyclic) bond motifs is 1. The van der Waals surface area contributed by atoms with Gasteiger partial charge in [0.05, 0.1) is 6.54 Å². The summed E-state index contributed by atoms with van der Waals surface area (Å²) in [6.45, 7) is 0.541. The van der Waals surface area contributed by atoms with Crippen molar-refractivity contribution >= 4 is 22.9 Å². The summed E-state index contributed by atoms with van der Waals surface area (Å²) in [4.78, 5) is 19.7. The molecule has 154 valence electrons. The molecule has 0 radical (unpaired) electrons. The van der Waals surface area contributed by atoms with Crippen molar-refractivity contribution in [2.45, 2.75) is 12.6 Å². The maximum absolute atomic E-state index is 13.6. The quantitative estimate of drug-likeness (QED) is 0.439. The summed E-state index contributed by atoms with van der Waals surface area (Å²) in [6, 6.07) is 25.5. The van der Waals surface area contributed by atoms with E-state index in [9.17, 15) is 4.79 Å². The van der Waals surface area contributed by atoms with Gasteiger partial charge in [-0.05, 0) is 35.4 Å². The Morgan fingerprint density at radius 3 is 2.55 bits per heavy atom. The van der Waals surface area contributed by atoms with E-state index in [1.807, 2.05) is 72.1 Å². The minimum Gasteiger partial charge on any atom is -0.485 e. The highest BCUT2D eigenvalue weighted by molar-refractivity contribution is 7.09. The van der Waals surface area contributed by atoms with Crippen LogP contribution >= 0.6 is 11.3 Å². The Bertz CT molecular complexity index is 1180. The van der Waals surface area contributed by atoms with E-state index in [-0.39, 0.29) is 12.5 Å². The number of anilines is 1. The van der Waals surface area contributed by atoms with Crippen molar-refractivity contribution in [3.63, 3.8) is 0 Å². The van der Waals surface area contributed by atoms with Gasteiger partial charge in [-0.15, -0.1) is 11.3 Å². The second-order valence-corrected chi connectivity index (χ2v) is 8.11. The number of benzene rings is 3. The average Bonchev–Trinajstić information content (AvgIpc) is 3.36. The molecule has 6 heteroatoms. The van der Waals surface area contributed by atoms with Gasteiger partial charge in [-0.1, -0.05) is 54.6 Å². The molecule has 1 unspecified atom stereocenters. The van der Waals surface area contributed by atoms with E-state index in [0.717, 1.165) is 21.8 Å². The van der Waals surface area contributed by atoms with Crippen LogP contribution < -0.4 is 14.4 Å². The normalized spacial score (nSPS) is 14.8. The number of rotatable bonds is 5. The third-order valence-corrected chi connectivity index (χ3v) is 5.86. The number of aromatic nitrogens is 1. The van der Waals surface area contributed by atoms with Gasteiger partial charge in [-0.2, -0.15) is 0 Å². The lowest BCUT2D eigenvalue weighted by atomic mass is 10.0. The Hall–Kier alpha value is -3.64. The Morgan fingerprint density at radius 2 is 1.74 bits per heavy atom. The van der Waals surface area contributed by atoms with Crippen molar-refractivity contribution in [2.24, 2.45) is 0 Å². The standard InChI is InChI=1S/C25H20N2O3S/c28-25(23-17-29-21-11-4-5-12-22(21)30-23)27(16-24-26-13-14-31-24)20-10-6-9-19(15-20)18-7-2-1-3-8-18/h1-15,23H,16-17H2. The van der Waals surface area contributed by atoms with E-state index in [1.54, 1.807) is 11.1 Å². The molecule has 0 saturated carbocycles. The number of ether oxygens (including phenoxy) is 2. The lowest BCUT2D eigenvalue weighted by Crippen LogP contribution is -2.46. The first-order valence-electron chi connectivity index (χ1n) is 10.0. The summed E-state index contributed by atoms with van der Waals surface area (Å²) >= 11 is 1.52. The van der Waals surface area contributed by atoms with Crippen LogP contribution in [0.5, 0.6) is 11.5 Å². The predicted octanol–water partition coefficient (Wildman–Crippen LogP) is 5.18. The number of carbonyl (C=O) groups excluding carboxylic acids is 1. The fourth-order valence-electron chi connectivity index (χ4n) is 3.56. The molecule has 3 aromatic carbocycles. The van der Waals surface area contributed by atoms with Gasteiger partial charge in [0, 0.05) is 17.3 Å². The van der Waals surface area contributed by atoms with E-state index in [4.69, 9.17) is 9.47 Å². The van der Waals surface area contributed by atoms with E-state index < -0.39 is 6.10 Å². The molecule has 0 fully saturated rings. The van der Waals surface area contributed by atoms with Gasteiger partial charge in [0.15, 0.2) is 11.5 Å². The van der Waals surface area contributed by atoms with E-state index in [2.05, 4.69) is 17.1 Å². The molecule has 0 saturated heterocycles. The second-order valence-electron chi connectivity index (χ2n) is 7.13. The molecule has 2 heterocycles. The fourth-order valence-corrected chi connectivity index (χ4v) is 4.17. The third-order valence-electron chi connectivity index (χ3n) is 5.09. The van der Waals surface area contributed by atoms with Gasteiger partial charge < -0.3 is 14.4 Å². The first kappa shape index (κ1) is 19.3. The smallest absolute Gasteiger partial charge is 0.272 e. The Balaban J connectivity index is 1.47. The third kappa shape index (κ3) is 4.15. The van der Waals surface area contributed by atoms with Crippen molar-refractivity contribution in [1.29, 1.82) is 0 Å². The van der Waals surface area contributed by atoms with Gasteiger partial charge in [0.2, 0.25) is 6.10 Å². The molecule has 5 nitrogen and oxygen atoms in total. The highest BCUT2D eigenvalue weighted by atomic mass is 32.1. The summed E-state index contributed by atoms with van der Waals surface area (Å²) < 4.78 is 11.8. The van der Waals surface area contributed by atoms with Gasteiger partial charge in [0.1, 0.15) is 11.6 Å². The molecule has 1 aromatic heterocycles. The molecule has 5 rings (SSSR count). The maximum atomic E-state index is 13.6. The summed E-state index contributed by atoms with van der Waals surface area (Å²) in [5.41, 5.74) is 2.93. The number of amides is 1. The zero-order chi connectivity index (χ0) is 21.0. The van der Waals surface area contributed by atoms with Crippen molar-refractivity contribution in [2.75, 3.05) is 11.5 Å². The van der Waals surface area contributed by atoms with Crippen molar-refractivity contribution in [1.82, 2.24) is 4.98 Å². The lowest BCUT2D eigenvalue weighted by Gasteiger charge is -2.30. The minimum atomic E-state index is -0.727. The van der Waals surface area contributed by atoms with Crippen molar-refractivity contribution in [3.8, 4) is 22.6 Å². The molecule has 4 aromatic rings. The number of para-hydroxylation sites is 2. The summed E-state index contributed by atoms with van der Waals surface area (Å²) in [5, 5.41) is 2.77. The molecule has 0 N–H and O–H groups in total. The molecule has 1 aliphatic heterocycles. The Kier molecular flexibility index (Phi) is 5.37. The van der Waals surface area contributed by atoms with Crippen LogP contribution in [0.4, 0.5) is 5.69 Å². The lowest BCUT2D eigenvalue weighted by molar-refractivity contribution is -0.127. The number of nitrogens with zero attached hydrogens (tertiary/aromatic N) is 2. The van der Waals surface area contributed by atoms with E-state index in [0.29, 0.717) is 18.0 Å². The molecule has 31 heavy (non-hydrogen) atoms. The first-order valence-corrected chi connectivity index (χ1v) is 10.9. The maximum Gasteiger partial charge on any atom is 0.272 e. The number of hydrogen-bond acceptors (Lipinski definition) is 5. The topological polar surface area (TPSA) is 51.7 Å². The van der Waals surface area contributed by atoms with Gasteiger partial charge in [-0.25, -0.2) is 4.98 Å². The SMILES string of the molecule is O=C(C1COc2ccccc2O1)N(Cc1nccs1)c1cccc(-c2ccccc2)c1. The van der Waals surface area contributed by atoms with Crippen LogP contribution in [0.1, 0.15) is 5.01 Å². The molecule has 0 bridgehead atoms. The molecule has 1 atom stereocenters. The van der Waals surface area contributed by atoms with Crippen LogP contribution in [0.15, 0.2) is 90.4 Å². The minimum absolute atomic E-state index is 0.157. The van der Waals surface area contributed by atoms with Crippen molar-refractivity contribution in [3.05, 3.63) is 95.4 Å². The molecular formula is C25H20N2O3S. The van der Waals surface area contributed by atoms with E-state index >= 15 is 0 Å². The predicted molar refractivity (Wildman–Crippen MR) is 122 cm³/mol. The monoisotopic (exact) mass is 428 g/mol. The van der Waals surface area contributed by atoms with Crippen LogP contribution in [0.2, 0.25) is 0 Å². The highest BCUT2D eigenvalue weighted by Gasteiger charge is 2.32. The molecular weight excluding hydrogens is 408 g/mol. The molecule has 0 spiro atoms. The highest BCUT2D eigenvalue weighted by Crippen LogP contribution is 2.33. The van der Waals surface area contributed by atoms with Crippen LogP contribution in [0, 0.1) is 0 Å². The van der Waals surface area contributed by atoms with Gasteiger partial charge >= 0.3 is 0 Å². The molecule has 1 aliphatic rings. The van der Waals surface area contributed by atoms with Crippen LogP contribution in [0.3, 0.4) is 0 Å². The number of hydrogen-bond donors (Lipinski definition) is 0. The fraction of sp³-hybridized carbons (Fsp3) is 0.120. The van der Waals surface area contributed by atoms with Crippen LogP contribution in [0.25, 0.3) is 11.1 Å². The Labute approximate surface area is 184 Å². The zero-order valence-electron chi connectivity index (χ0n) is 16.7. The van der Waals surface area contributed by atoms with E-state index in [1.165, 1.54) is 11.3 Å². The molecule has 0 aliphatic carbocycles. The number of thiazole rings is 1. The average molecular weight is 429 g/mol. The zero-order valence-corrected chi connectivity index (χ0v) is 17.5. The van der Waals surface area contributed by atoms with Gasteiger partial charge in [-0.3, -0.25) is 4.79 Å². The first-order chi connectivity index (χ1) is 15.3. The summed E-state index contributed by atoms with van der Waals surface area (Å²) in [7, 11) is 0. The van der Waals surface area contributed by atoms with Crippen LogP contribution in [-0.2, 0) is 11.3 Å². The van der Waals surface area contributed by atoms with Crippen molar-refractivity contribution < 1.29 is 14.3 Å². The summed E-state index contributed by atoms with van der Waals surface area (Å²) in [5.74, 6) is 1.08.